The van der Waals surface area contributed by atoms with E-state index in [1.165, 1.54) is 11.8 Å². The fourth-order valence-electron chi connectivity index (χ4n) is 3.54. The first-order chi connectivity index (χ1) is 15.7. The van der Waals surface area contributed by atoms with E-state index < -0.39 is 0 Å². The first-order valence-electron chi connectivity index (χ1n) is 9.93. The summed E-state index contributed by atoms with van der Waals surface area (Å²) in [5.74, 6) is 3.24. The van der Waals surface area contributed by atoms with E-state index in [1.54, 1.807) is 43.1 Å². The molecule has 0 spiro atoms. The van der Waals surface area contributed by atoms with Crippen LogP contribution in [0.5, 0.6) is 23.0 Å². The largest absolute Gasteiger partial charge is 0.497 e. The maximum Gasteiger partial charge on any atom is 0.266 e. The number of methoxy groups -OCH3 is 2. The van der Waals surface area contributed by atoms with Gasteiger partial charge in [-0.3, -0.25) is 9.36 Å². The summed E-state index contributed by atoms with van der Waals surface area (Å²) in [7, 11) is 3.16. The third kappa shape index (κ3) is 3.73. The Morgan fingerprint density at radius 3 is 2.50 bits per heavy atom. The third-order valence-corrected chi connectivity index (χ3v) is 6.15. The highest BCUT2D eigenvalue weighted by atomic mass is 32.2. The minimum Gasteiger partial charge on any atom is -0.497 e. The van der Waals surface area contributed by atoms with Crippen LogP contribution in [-0.2, 0) is 5.75 Å². The van der Waals surface area contributed by atoms with Crippen LogP contribution in [0, 0.1) is 0 Å². The van der Waals surface area contributed by atoms with Gasteiger partial charge in [0.2, 0.25) is 6.79 Å². The number of ether oxygens (including phenoxy) is 4. The standard InChI is InChI=1S/C24H20N2O5S/c1-28-17-10-16(11-18(12-17)29-2)26-23(27)19-5-3-4-6-20(19)25-24(26)32-13-15-7-8-21-22(9-15)31-14-30-21/h3-12H,13-14H2,1-2H3. The van der Waals surface area contributed by atoms with Gasteiger partial charge in [-0.15, -0.1) is 0 Å². The molecule has 0 aliphatic carbocycles. The van der Waals surface area contributed by atoms with Gasteiger partial charge >= 0.3 is 0 Å². The van der Waals surface area contributed by atoms with Gasteiger partial charge in [-0.1, -0.05) is 30.0 Å². The Balaban J connectivity index is 1.61. The van der Waals surface area contributed by atoms with Crippen molar-refractivity contribution in [2.24, 2.45) is 0 Å². The Bertz CT molecular complexity index is 1350. The monoisotopic (exact) mass is 448 g/mol. The van der Waals surface area contributed by atoms with Crippen LogP contribution in [0.4, 0.5) is 0 Å². The van der Waals surface area contributed by atoms with Crippen molar-refractivity contribution in [1.82, 2.24) is 9.55 Å². The Morgan fingerprint density at radius 2 is 1.72 bits per heavy atom. The molecule has 5 rings (SSSR count). The van der Waals surface area contributed by atoms with Gasteiger partial charge in [0.1, 0.15) is 11.5 Å². The fourth-order valence-corrected chi connectivity index (χ4v) is 4.49. The predicted octanol–water partition coefficient (Wildman–Crippen LogP) is 4.42. The maximum atomic E-state index is 13.5. The molecule has 0 bridgehead atoms. The number of nitrogens with zero attached hydrogens (tertiary/aromatic N) is 2. The summed E-state index contributed by atoms with van der Waals surface area (Å²) in [6.45, 7) is 0.232. The normalized spacial score (nSPS) is 12.2. The summed E-state index contributed by atoms with van der Waals surface area (Å²) >= 11 is 1.47. The van der Waals surface area contributed by atoms with Crippen LogP contribution in [0.25, 0.3) is 16.6 Å². The van der Waals surface area contributed by atoms with Crippen molar-refractivity contribution in [3.05, 3.63) is 76.6 Å². The minimum absolute atomic E-state index is 0.154. The molecule has 0 fully saturated rings. The second kappa shape index (κ2) is 8.47. The number of para-hydroxylation sites is 1. The molecule has 3 aromatic carbocycles. The van der Waals surface area contributed by atoms with E-state index in [0.717, 1.165) is 17.1 Å². The van der Waals surface area contributed by atoms with E-state index in [4.69, 9.17) is 23.9 Å². The van der Waals surface area contributed by atoms with Crippen molar-refractivity contribution in [1.29, 1.82) is 0 Å². The highest BCUT2D eigenvalue weighted by molar-refractivity contribution is 7.98. The zero-order valence-corrected chi connectivity index (χ0v) is 18.3. The molecule has 32 heavy (non-hydrogen) atoms. The lowest BCUT2D eigenvalue weighted by Gasteiger charge is -2.15. The molecule has 1 aliphatic heterocycles. The number of fused-ring (bicyclic) bond motifs is 2. The molecule has 0 saturated carbocycles. The minimum atomic E-state index is -0.154. The van der Waals surface area contributed by atoms with Crippen LogP contribution in [0.3, 0.4) is 0 Å². The zero-order valence-electron chi connectivity index (χ0n) is 17.5. The number of thioether (sulfide) groups is 1. The van der Waals surface area contributed by atoms with E-state index in [-0.39, 0.29) is 12.4 Å². The number of rotatable bonds is 6. The van der Waals surface area contributed by atoms with Crippen molar-refractivity contribution in [2.45, 2.75) is 10.9 Å². The van der Waals surface area contributed by atoms with E-state index in [2.05, 4.69) is 0 Å². The summed E-state index contributed by atoms with van der Waals surface area (Å²) in [6, 6.07) is 18.5. The van der Waals surface area contributed by atoms with Gasteiger partial charge in [0.15, 0.2) is 16.7 Å². The van der Waals surface area contributed by atoms with Crippen molar-refractivity contribution >= 4 is 22.7 Å². The molecule has 7 nitrogen and oxygen atoms in total. The molecule has 4 aromatic rings. The summed E-state index contributed by atoms with van der Waals surface area (Å²) < 4.78 is 23.3. The lowest BCUT2D eigenvalue weighted by molar-refractivity contribution is 0.174. The van der Waals surface area contributed by atoms with E-state index in [1.807, 2.05) is 36.4 Å². The number of hydrogen-bond donors (Lipinski definition) is 0. The number of hydrogen-bond acceptors (Lipinski definition) is 7. The van der Waals surface area contributed by atoms with Crippen molar-refractivity contribution in [3.8, 4) is 28.7 Å². The van der Waals surface area contributed by atoms with Gasteiger partial charge < -0.3 is 18.9 Å². The first kappa shape index (κ1) is 20.3. The fraction of sp³-hybridized carbons (Fsp3) is 0.167. The van der Waals surface area contributed by atoms with Crippen LogP contribution in [0.1, 0.15) is 5.56 Å². The Kier molecular flexibility index (Phi) is 5.36. The molecule has 8 heteroatoms. The van der Waals surface area contributed by atoms with Gasteiger partial charge in [-0.05, 0) is 29.8 Å². The zero-order chi connectivity index (χ0) is 22.1. The highest BCUT2D eigenvalue weighted by Gasteiger charge is 2.17. The second-order valence-corrected chi connectivity index (χ2v) is 8.04. The SMILES string of the molecule is COc1cc(OC)cc(-n2c(SCc3ccc4c(c3)OCO4)nc3ccccc3c2=O)c1. The predicted molar refractivity (Wildman–Crippen MR) is 123 cm³/mol. The van der Waals surface area contributed by atoms with Gasteiger partial charge in [-0.2, -0.15) is 0 Å². The molecule has 0 unspecified atom stereocenters. The van der Waals surface area contributed by atoms with Crippen molar-refractivity contribution in [2.75, 3.05) is 21.0 Å². The highest BCUT2D eigenvalue weighted by Crippen LogP contribution is 2.35. The second-order valence-electron chi connectivity index (χ2n) is 7.10. The summed E-state index contributed by atoms with van der Waals surface area (Å²) in [5, 5.41) is 1.11. The van der Waals surface area contributed by atoms with Gasteiger partial charge in [-0.25, -0.2) is 4.98 Å². The van der Waals surface area contributed by atoms with Crippen LogP contribution >= 0.6 is 11.8 Å². The molecular weight excluding hydrogens is 428 g/mol. The van der Waals surface area contributed by atoms with Crippen LogP contribution in [0.15, 0.2) is 70.6 Å². The van der Waals surface area contributed by atoms with E-state index in [0.29, 0.717) is 39.0 Å². The lowest BCUT2D eigenvalue weighted by Crippen LogP contribution is -2.22. The molecule has 1 aliphatic rings. The Morgan fingerprint density at radius 1 is 0.969 bits per heavy atom. The van der Waals surface area contributed by atoms with Crippen LogP contribution < -0.4 is 24.5 Å². The maximum absolute atomic E-state index is 13.5. The molecule has 1 aromatic heterocycles. The smallest absolute Gasteiger partial charge is 0.266 e. The number of benzene rings is 3. The van der Waals surface area contributed by atoms with Crippen molar-refractivity contribution < 1.29 is 18.9 Å². The molecule has 0 atom stereocenters. The Hall–Kier alpha value is -3.65. The Labute approximate surface area is 188 Å². The first-order valence-corrected chi connectivity index (χ1v) is 10.9. The topological polar surface area (TPSA) is 71.8 Å². The molecular formula is C24H20N2O5S. The number of aromatic nitrogens is 2. The molecule has 0 radical (unpaired) electrons. The van der Waals surface area contributed by atoms with Gasteiger partial charge in [0.05, 0.1) is 30.8 Å². The average Bonchev–Trinajstić information content (AvgIpc) is 3.30. The average molecular weight is 449 g/mol. The molecule has 0 amide bonds. The lowest BCUT2D eigenvalue weighted by atomic mass is 10.2. The summed E-state index contributed by atoms with van der Waals surface area (Å²) in [4.78, 5) is 18.3. The molecule has 162 valence electrons. The summed E-state index contributed by atoms with van der Waals surface area (Å²) in [6.07, 6.45) is 0. The quantitative estimate of drug-likeness (QED) is 0.319. The molecule has 0 saturated heterocycles. The van der Waals surface area contributed by atoms with E-state index >= 15 is 0 Å². The van der Waals surface area contributed by atoms with Gasteiger partial charge in [0, 0.05) is 24.0 Å². The van der Waals surface area contributed by atoms with Crippen LogP contribution in [-0.4, -0.2) is 30.6 Å². The third-order valence-electron chi connectivity index (χ3n) is 5.14. The van der Waals surface area contributed by atoms with Crippen molar-refractivity contribution in [3.63, 3.8) is 0 Å². The molecule has 2 heterocycles. The van der Waals surface area contributed by atoms with E-state index in [9.17, 15) is 4.79 Å². The summed E-state index contributed by atoms with van der Waals surface area (Å²) in [5.41, 5.74) is 2.16. The molecule has 0 N–H and O–H groups in total. The van der Waals surface area contributed by atoms with Crippen LogP contribution in [0.2, 0.25) is 0 Å². The van der Waals surface area contributed by atoms with Gasteiger partial charge in [0.25, 0.3) is 5.56 Å².